The molecule has 3 nitrogen and oxygen atoms in total. The van der Waals surface area contributed by atoms with Gasteiger partial charge in [-0.25, -0.2) is 9.97 Å². The molecular formula is C9H4ClN3S. The highest BCUT2D eigenvalue weighted by Gasteiger charge is 2.05. The summed E-state index contributed by atoms with van der Waals surface area (Å²) in [6, 6.07) is 5.33. The zero-order valence-electron chi connectivity index (χ0n) is 6.94. The van der Waals surface area contributed by atoms with E-state index < -0.39 is 0 Å². The van der Waals surface area contributed by atoms with Crippen molar-refractivity contribution in [3.63, 3.8) is 0 Å². The van der Waals surface area contributed by atoms with Gasteiger partial charge in [-0.2, -0.15) is 5.26 Å². The first-order valence-electron chi connectivity index (χ1n) is 3.76. The highest BCUT2D eigenvalue weighted by molar-refractivity contribution is 7.07. The van der Waals surface area contributed by atoms with Gasteiger partial charge in [0.15, 0.2) is 0 Å². The maximum absolute atomic E-state index is 8.65. The Morgan fingerprint density at radius 2 is 2.21 bits per heavy atom. The average molecular weight is 222 g/mol. The fourth-order valence-corrected chi connectivity index (χ4v) is 1.74. The molecule has 0 saturated heterocycles. The van der Waals surface area contributed by atoms with Crippen LogP contribution in [0.4, 0.5) is 0 Å². The lowest BCUT2D eigenvalue weighted by Crippen LogP contribution is -1.87. The standard InChI is InChI=1S/C9H4ClN3S/c10-9-6(3-11)1-2-7(13-9)8-4-14-5-12-8/h1-2,4-5H. The third kappa shape index (κ3) is 1.60. The summed E-state index contributed by atoms with van der Waals surface area (Å²) in [6.45, 7) is 0. The molecule has 68 valence electrons. The number of thiazole rings is 1. The lowest BCUT2D eigenvalue weighted by atomic mass is 10.2. The smallest absolute Gasteiger partial charge is 0.147 e. The molecule has 0 aromatic carbocycles. The normalized spacial score (nSPS) is 9.71. The Hall–Kier alpha value is -1.44. The molecule has 2 heterocycles. The van der Waals surface area contributed by atoms with E-state index in [0.29, 0.717) is 11.3 Å². The Kier molecular flexibility index (Phi) is 2.44. The monoisotopic (exact) mass is 221 g/mol. The summed E-state index contributed by atoms with van der Waals surface area (Å²) in [6.07, 6.45) is 0. The zero-order valence-corrected chi connectivity index (χ0v) is 8.51. The molecule has 0 atom stereocenters. The maximum Gasteiger partial charge on any atom is 0.147 e. The number of aromatic nitrogens is 2. The number of hydrogen-bond donors (Lipinski definition) is 0. The van der Waals surface area contributed by atoms with Crippen molar-refractivity contribution >= 4 is 22.9 Å². The molecule has 0 saturated carbocycles. The number of rotatable bonds is 1. The van der Waals surface area contributed by atoms with E-state index in [4.69, 9.17) is 16.9 Å². The average Bonchev–Trinajstić information content (AvgIpc) is 2.70. The van der Waals surface area contributed by atoms with Crippen LogP contribution in [0.25, 0.3) is 11.4 Å². The SMILES string of the molecule is N#Cc1ccc(-c2cscn2)nc1Cl. The minimum absolute atomic E-state index is 0.220. The summed E-state index contributed by atoms with van der Waals surface area (Å²) >= 11 is 7.28. The van der Waals surface area contributed by atoms with E-state index in [2.05, 4.69) is 9.97 Å². The molecule has 0 amide bonds. The van der Waals surface area contributed by atoms with E-state index >= 15 is 0 Å². The predicted octanol–water partition coefficient (Wildman–Crippen LogP) is 2.73. The van der Waals surface area contributed by atoms with Gasteiger partial charge in [0.1, 0.15) is 11.2 Å². The van der Waals surface area contributed by atoms with Crippen LogP contribution in [0.5, 0.6) is 0 Å². The summed E-state index contributed by atoms with van der Waals surface area (Å²) in [7, 11) is 0. The minimum Gasteiger partial charge on any atom is -0.243 e. The molecule has 0 aliphatic carbocycles. The Morgan fingerprint density at radius 1 is 1.36 bits per heavy atom. The van der Waals surface area contributed by atoms with Crippen molar-refractivity contribution in [3.8, 4) is 17.5 Å². The lowest BCUT2D eigenvalue weighted by molar-refractivity contribution is 1.26. The van der Waals surface area contributed by atoms with Gasteiger partial charge in [0.05, 0.1) is 22.5 Å². The molecule has 0 spiro atoms. The predicted molar refractivity (Wildman–Crippen MR) is 55.1 cm³/mol. The van der Waals surface area contributed by atoms with Gasteiger partial charge in [-0.15, -0.1) is 11.3 Å². The zero-order chi connectivity index (χ0) is 9.97. The second kappa shape index (κ2) is 3.74. The molecule has 0 aliphatic heterocycles. The van der Waals surface area contributed by atoms with Crippen LogP contribution >= 0.6 is 22.9 Å². The van der Waals surface area contributed by atoms with E-state index in [0.717, 1.165) is 5.69 Å². The highest BCUT2D eigenvalue weighted by atomic mass is 35.5. The molecular weight excluding hydrogens is 218 g/mol. The lowest BCUT2D eigenvalue weighted by Gasteiger charge is -1.97. The number of nitriles is 1. The van der Waals surface area contributed by atoms with Crippen molar-refractivity contribution in [2.45, 2.75) is 0 Å². The van der Waals surface area contributed by atoms with Crippen LogP contribution in [0.15, 0.2) is 23.0 Å². The molecule has 0 bridgehead atoms. The molecule has 0 radical (unpaired) electrons. The largest absolute Gasteiger partial charge is 0.243 e. The van der Waals surface area contributed by atoms with Crippen molar-refractivity contribution in [3.05, 3.63) is 33.7 Å². The van der Waals surface area contributed by atoms with E-state index in [1.807, 2.05) is 11.4 Å². The van der Waals surface area contributed by atoms with Gasteiger partial charge in [-0.3, -0.25) is 0 Å². The number of halogens is 1. The Bertz CT molecular complexity index is 487. The second-order valence-corrected chi connectivity index (χ2v) is 3.60. The van der Waals surface area contributed by atoms with Gasteiger partial charge in [-0.05, 0) is 12.1 Å². The Labute approximate surface area is 89.6 Å². The first-order chi connectivity index (χ1) is 6.81. The van der Waals surface area contributed by atoms with E-state index in [1.54, 1.807) is 17.6 Å². The number of nitrogens with zero attached hydrogens (tertiary/aromatic N) is 3. The summed E-state index contributed by atoms with van der Waals surface area (Å²) in [5.41, 5.74) is 3.57. The number of pyridine rings is 1. The molecule has 0 aliphatic rings. The fourth-order valence-electron chi connectivity index (χ4n) is 0.999. The van der Waals surface area contributed by atoms with E-state index in [9.17, 15) is 0 Å². The first-order valence-corrected chi connectivity index (χ1v) is 5.08. The van der Waals surface area contributed by atoms with Gasteiger partial charge < -0.3 is 0 Å². The molecule has 2 aromatic rings. The summed E-state index contributed by atoms with van der Waals surface area (Å²) in [4.78, 5) is 8.17. The van der Waals surface area contributed by atoms with Gasteiger partial charge in [0, 0.05) is 5.38 Å². The van der Waals surface area contributed by atoms with Gasteiger partial charge in [0.25, 0.3) is 0 Å². The third-order valence-electron chi connectivity index (χ3n) is 1.66. The van der Waals surface area contributed by atoms with Crippen LogP contribution in [-0.2, 0) is 0 Å². The fraction of sp³-hybridized carbons (Fsp3) is 0. The first kappa shape index (κ1) is 9.13. The van der Waals surface area contributed by atoms with Crippen molar-refractivity contribution in [1.82, 2.24) is 9.97 Å². The molecule has 2 aromatic heterocycles. The quantitative estimate of drug-likeness (QED) is 0.696. The molecule has 2 rings (SSSR count). The van der Waals surface area contributed by atoms with Crippen molar-refractivity contribution in [1.29, 1.82) is 5.26 Å². The molecule has 14 heavy (non-hydrogen) atoms. The molecule has 5 heteroatoms. The summed E-state index contributed by atoms with van der Waals surface area (Å²) in [5, 5.41) is 10.8. The van der Waals surface area contributed by atoms with E-state index in [1.165, 1.54) is 11.3 Å². The van der Waals surface area contributed by atoms with Crippen LogP contribution in [0, 0.1) is 11.3 Å². The second-order valence-electron chi connectivity index (χ2n) is 2.52. The molecule has 0 unspecified atom stereocenters. The topological polar surface area (TPSA) is 49.6 Å². The highest BCUT2D eigenvalue weighted by Crippen LogP contribution is 2.20. The van der Waals surface area contributed by atoms with Crippen LogP contribution in [0.2, 0.25) is 5.15 Å². The van der Waals surface area contributed by atoms with Crippen molar-refractivity contribution < 1.29 is 0 Å². The Morgan fingerprint density at radius 3 is 2.79 bits per heavy atom. The Balaban J connectivity index is 2.49. The molecule has 0 fully saturated rings. The molecule has 0 N–H and O–H groups in total. The van der Waals surface area contributed by atoms with Gasteiger partial charge in [-0.1, -0.05) is 11.6 Å². The van der Waals surface area contributed by atoms with Crippen molar-refractivity contribution in [2.75, 3.05) is 0 Å². The third-order valence-corrected chi connectivity index (χ3v) is 2.54. The van der Waals surface area contributed by atoms with E-state index in [-0.39, 0.29) is 5.15 Å². The van der Waals surface area contributed by atoms with Gasteiger partial charge in [0.2, 0.25) is 0 Å². The van der Waals surface area contributed by atoms with Crippen molar-refractivity contribution in [2.24, 2.45) is 0 Å². The maximum atomic E-state index is 8.65. The van der Waals surface area contributed by atoms with Crippen LogP contribution in [-0.4, -0.2) is 9.97 Å². The number of hydrogen-bond acceptors (Lipinski definition) is 4. The summed E-state index contributed by atoms with van der Waals surface area (Å²) in [5.74, 6) is 0. The van der Waals surface area contributed by atoms with Crippen LogP contribution in [0.1, 0.15) is 5.56 Å². The minimum atomic E-state index is 0.220. The van der Waals surface area contributed by atoms with Crippen LogP contribution in [0.3, 0.4) is 0 Å². The van der Waals surface area contributed by atoms with Gasteiger partial charge >= 0.3 is 0 Å². The summed E-state index contributed by atoms with van der Waals surface area (Å²) < 4.78 is 0. The van der Waals surface area contributed by atoms with Crippen LogP contribution < -0.4 is 0 Å².